The Kier molecular flexibility index (Phi) is 2.49. The van der Waals surface area contributed by atoms with Crippen molar-refractivity contribution in [1.29, 1.82) is 0 Å². The van der Waals surface area contributed by atoms with Crippen molar-refractivity contribution in [3.8, 4) is 5.75 Å². The van der Waals surface area contributed by atoms with Crippen LogP contribution >= 0.6 is 0 Å². The van der Waals surface area contributed by atoms with Crippen molar-refractivity contribution < 1.29 is 14.7 Å². The average molecular weight is 251 g/mol. The number of ketones is 1. The monoisotopic (exact) mass is 251 g/mol. The van der Waals surface area contributed by atoms with Crippen molar-refractivity contribution in [1.82, 2.24) is 0 Å². The molecule has 2 aromatic carbocycles. The molecule has 4 heteroatoms. The third-order valence-corrected chi connectivity index (χ3v) is 2.95. The van der Waals surface area contributed by atoms with E-state index in [0.717, 1.165) is 0 Å². The zero-order chi connectivity index (χ0) is 13.4. The molecule has 19 heavy (non-hydrogen) atoms. The number of carbonyl (C=O) groups is 2. The maximum absolute atomic E-state index is 12.0. The SMILES string of the molecule is O=C1N=c2ccccc2=C(c2cccc(O)c2)C1=O. The Morgan fingerprint density at radius 2 is 1.74 bits per heavy atom. The fourth-order valence-electron chi connectivity index (χ4n) is 2.12. The number of hydrogen-bond donors (Lipinski definition) is 1. The molecule has 1 heterocycles. The molecule has 0 aromatic heterocycles. The zero-order valence-corrected chi connectivity index (χ0v) is 9.83. The highest BCUT2D eigenvalue weighted by Crippen LogP contribution is 2.19. The Bertz CT molecular complexity index is 821. The Morgan fingerprint density at radius 3 is 2.53 bits per heavy atom. The molecular formula is C15H9NO3. The summed E-state index contributed by atoms with van der Waals surface area (Å²) in [6.07, 6.45) is 0. The third kappa shape index (κ3) is 1.83. The number of benzene rings is 2. The summed E-state index contributed by atoms with van der Waals surface area (Å²) in [5.41, 5.74) is 0.798. The number of phenolic OH excluding ortho intramolecular Hbond substituents is 1. The molecule has 92 valence electrons. The summed E-state index contributed by atoms with van der Waals surface area (Å²) in [7, 11) is 0. The molecule has 0 saturated heterocycles. The van der Waals surface area contributed by atoms with Crippen LogP contribution in [0.15, 0.2) is 53.5 Å². The lowest BCUT2D eigenvalue weighted by Gasteiger charge is -2.09. The predicted octanol–water partition coefficient (Wildman–Crippen LogP) is 0.320. The molecular weight excluding hydrogens is 242 g/mol. The fraction of sp³-hybridized carbons (Fsp3) is 0. The van der Waals surface area contributed by atoms with Gasteiger partial charge in [-0.25, -0.2) is 4.99 Å². The fourth-order valence-corrected chi connectivity index (χ4v) is 2.12. The quantitative estimate of drug-likeness (QED) is 0.742. The van der Waals surface area contributed by atoms with Gasteiger partial charge in [-0.1, -0.05) is 30.3 Å². The van der Waals surface area contributed by atoms with Crippen molar-refractivity contribution >= 4 is 17.3 Å². The number of phenols is 1. The van der Waals surface area contributed by atoms with Crippen LogP contribution in [0.4, 0.5) is 0 Å². The van der Waals surface area contributed by atoms with E-state index in [1.807, 2.05) is 0 Å². The van der Waals surface area contributed by atoms with Gasteiger partial charge in [0.2, 0.25) is 0 Å². The van der Waals surface area contributed by atoms with E-state index in [1.54, 1.807) is 36.4 Å². The molecule has 2 aromatic rings. The number of amides is 1. The Labute approximate surface area is 108 Å². The summed E-state index contributed by atoms with van der Waals surface area (Å²) >= 11 is 0. The minimum absolute atomic E-state index is 0.0465. The molecule has 1 aliphatic rings. The van der Waals surface area contributed by atoms with E-state index in [-0.39, 0.29) is 11.3 Å². The van der Waals surface area contributed by atoms with Crippen LogP contribution in [0, 0.1) is 0 Å². The molecule has 0 spiro atoms. The summed E-state index contributed by atoms with van der Waals surface area (Å²) in [4.78, 5) is 27.4. The van der Waals surface area contributed by atoms with Gasteiger partial charge in [-0.2, -0.15) is 0 Å². The lowest BCUT2D eigenvalue weighted by molar-refractivity contribution is -0.132. The molecule has 1 aliphatic heterocycles. The van der Waals surface area contributed by atoms with Crippen LogP contribution in [-0.2, 0) is 9.59 Å². The second-order valence-corrected chi connectivity index (χ2v) is 4.19. The lowest BCUT2D eigenvalue weighted by atomic mass is 9.96. The Morgan fingerprint density at radius 1 is 0.947 bits per heavy atom. The number of fused-ring (bicyclic) bond motifs is 1. The molecule has 0 bridgehead atoms. The summed E-state index contributed by atoms with van der Waals surface area (Å²) in [5, 5.41) is 10.6. The number of nitrogens with zero attached hydrogens (tertiary/aromatic N) is 1. The number of aromatic hydroxyl groups is 1. The maximum atomic E-state index is 12.0. The number of hydrogen-bond acceptors (Lipinski definition) is 3. The van der Waals surface area contributed by atoms with Gasteiger partial charge in [0.05, 0.1) is 5.36 Å². The first-order valence-electron chi connectivity index (χ1n) is 5.73. The molecule has 4 nitrogen and oxygen atoms in total. The summed E-state index contributed by atoms with van der Waals surface area (Å²) < 4.78 is 0. The van der Waals surface area contributed by atoms with Crippen LogP contribution in [0.3, 0.4) is 0 Å². The molecule has 0 aliphatic carbocycles. The van der Waals surface area contributed by atoms with E-state index in [1.165, 1.54) is 12.1 Å². The predicted molar refractivity (Wildman–Crippen MR) is 67.9 cm³/mol. The van der Waals surface area contributed by atoms with Gasteiger partial charge >= 0.3 is 5.91 Å². The van der Waals surface area contributed by atoms with Gasteiger partial charge in [0.1, 0.15) is 5.75 Å². The lowest BCUT2D eigenvalue weighted by Crippen LogP contribution is -2.37. The first-order chi connectivity index (χ1) is 9.16. The van der Waals surface area contributed by atoms with E-state index in [0.29, 0.717) is 16.1 Å². The summed E-state index contributed by atoms with van der Waals surface area (Å²) in [6.45, 7) is 0. The highest BCUT2D eigenvalue weighted by molar-refractivity contribution is 6.53. The number of para-hydroxylation sites is 1. The van der Waals surface area contributed by atoms with E-state index in [2.05, 4.69) is 4.99 Å². The van der Waals surface area contributed by atoms with Crippen LogP contribution < -0.4 is 10.6 Å². The number of rotatable bonds is 1. The molecule has 3 rings (SSSR count). The normalized spacial score (nSPS) is 14.0. The van der Waals surface area contributed by atoms with Gasteiger partial charge in [0.15, 0.2) is 0 Å². The molecule has 0 radical (unpaired) electrons. The van der Waals surface area contributed by atoms with Crippen LogP contribution in [-0.4, -0.2) is 16.8 Å². The number of Topliss-reactive ketones (excluding diaryl/α,β-unsaturated/α-hetero) is 1. The molecule has 0 saturated carbocycles. The Balaban J connectivity index is 2.43. The molecule has 0 atom stereocenters. The van der Waals surface area contributed by atoms with Gasteiger partial charge < -0.3 is 5.11 Å². The second kappa shape index (κ2) is 4.17. The zero-order valence-electron chi connectivity index (χ0n) is 9.83. The molecule has 0 unspecified atom stereocenters. The highest BCUT2D eigenvalue weighted by atomic mass is 16.3. The minimum atomic E-state index is -0.781. The van der Waals surface area contributed by atoms with Crippen LogP contribution in [0.2, 0.25) is 0 Å². The van der Waals surface area contributed by atoms with Crippen molar-refractivity contribution in [3.05, 3.63) is 64.7 Å². The maximum Gasteiger partial charge on any atom is 0.318 e. The van der Waals surface area contributed by atoms with Gasteiger partial charge in [-0.05, 0) is 23.8 Å². The summed E-state index contributed by atoms with van der Waals surface area (Å²) in [5.74, 6) is -1.38. The van der Waals surface area contributed by atoms with Gasteiger partial charge in [0.25, 0.3) is 5.78 Å². The van der Waals surface area contributed by atoms with Gasteiger partial charge in [-0.15, -0.1) is 0 Å². The third-order valence-electron chi connectivity index (χ3n) is 2.95. The first kappa shape index (κ1) is 11.3. The minimum Gasteiger partial charge on any atom is -0.508 e. The van der Waals surface area contributed by atoms with Crippen LogP contribution in [0.1, 0.15) is 5.56 Å². The molecule has 1 N–H and O–H groups in total. The second-order valence-electron chi connectivity index (χ2n) is 4.19. The first-order valence-corrected chi connectivity index (χ1v) is 5.73. The van der Waals surface area contributed by atoms with E-state index >= 15 is 0 Å². The van der Waals surface area contributed by atoms with E-state index < -0.39 is 11.7 Å². The molecule has 1 amide bonds. The standard InChI is InChI=1S/C15H9NO3/c17-10-5-3-4-9(8-10)13-11-6-1-2-7-12(11)16-15(19)14(13)18/h1-8,17H. The van der Waals surface area contributed by atoms with Crippen LogP contribution in [0.25, 0.3) is 5.57 Å². The topological polar surface area (TPSA) is 66.7 Å². The van der Waals surface area contributed by atoms with E-state index in [9.17, 15) is 14.7 Å². The van der Waals surface area contributed by atoms with Crippen molar-refractivity contribution in [3.63, 3.8) is 0 Å². The van der Waals surface area contributed by atoms with Crippen LogP contribution in [0.5, 0.6) is 5.75 Å². The van der Waals surface area contributed by atoms with Crippen molar-refractivity contribution in [2.45, 2.75) is 0 Å². The average Bonchev–Trinajstić information content (AvgIpc) is 2.40. The molecule has 0 fully saturated rings. The number of carbonyl (C=O) groups excluding carboxylic acids is 2. The van der Waals surface area contributed by atoms with Crippen molar-refractivity contribution in [2.75, 3.05) is 0 Å². The Hall–Kier alpha value is -2.75. The van der Waals surface area contributed by atoms with Gasteiger partial charge in [-0.3, -0.25) is 9.59 Å². The summed E-state index contributed by atoms with van der Waals surface area (Å²) in [6, 6.07) is 13.2. The van der Waals surface area contributed by atoms with Gasteiger partial charge in [0, 0.05) is 10.8 Å². The highest BCUT2D eigenvalue weighted by Gasteiger charge is 2.24. The van der Waals surface area contributed by atoms with E-state index in [4.69, 9.17) is 0 Å². The smallest absolute Gasteiger partial charge is 0.318 e. The largest absolute Gasteiger partial charge is 0.508 e. The van der Waals surface area contributed by atoms with Crippen molar-refractivity contribution in [2.24, 2.45) is 4.99 Å².